The zero-order valence-corrected chi connectivity index (χ0v) is 19.1. The Hall–Kier alpha value is -3.80. The number of halogens is 1. The van der Waals surface area contributed by atoms with Crippen molar-refractivity contribution in [2.75, 3.05) is 13.3 Å². The first-order chi connectivity index (χ1) is 16.7. The zero-order valence-electron chi connectivity index (χ0n) is 19.1. The van der Waals surface area contributed by atoms with Gasteiger partial charge in [-0.2, -0.15) is 4.68 Å². The molecule has 0 aliphatic rings. The maximum atomic E-state index is 12.5. The normalized spacial score (nSPS) is 11.3. The fourth-order valence-electron chi connectivity index (χ4n) is 3.72. The Morgan fingerprint density at radius 2 is 1.53 bits per heavy atom. The van der Waals surface area contributed by atoms with Crippen LogP contribution in [0.1, 0.15) is 42.5 Å². The highest BCUT2D eigenvalue weighted by molar-refractivity contribution is 5.98. The van der Waals surface area contributed by atoms with Crippen molar-refractivity contribution in [3.63, 3.8) is 0 Å². The van der Waals surface area contributed by atoms with Crippen LogP contribution in [0.3, 0.4) is 0 Å². The third kappa shape index (κ3) is 6.16. The molecule has 0 amide bonds. The molecule has 4 rings (SSSR count). The van der Waals surface area contributed by atoms with Crippen LogP contribution in [0.5, 0.6) is 5.75 Å². The van der Waals surface area contributed by atoms with Gasteiger partial charge in [-0.05, 0) is 59.9 Å². The van der Waals surface area contributed by atoms with E-state index in [0.29, 0.717) is 24.1 Å². The van der Waals surface area contributed by atoms with Crippen molar-refractivity contribution in [1.82, 2.24) is 15.0 Å². The molecule has 34 heavy (non-hydrogen) atoms. The lowest BCUT2D eigenvalue weighted by Crippen LogP contribution is -2.08. The van der Waals surface area contributed by atoms with E-state index < -0.39 is 0 Å². The van der Waals surface area contributed by atoms with Crippen molar-refractivity contribution in [3.8, 4) is 16.9 Å². The van der Waals surface area contributed by atoms with Gasteiger partial charge in [0.05, 0.1) is 18.8 Å². The summed E-state index contributed by atoms with van der Waals surface area (Å²) in [7, 11) is 0. The van der Waals surface area contributed by atoms with E-state index in [1.807, 2.05) is 72.8 Å². The van der Waals surface area contributed by atoms with Crippen molar-refractivity contribution >= 4 is 23.0 Å². The molecule has 0 aliphatic heterocycles. The Morgan fingerprint density at radius 1 is 0.853 bits per heavy atom. The molecule has 5 nitrogen and oxygen atoms in total. The van der Waals surface area contributed by atoms with Gasteiger partial charge in [0.25, 0.3) is 5.91 Å². The number of unbranched alkanes of at least 4 members (excludes halogenated alkanes) is 4. The summed E-state index contributed by atoms with van der Waals surface area (Å²) < 4.78 is 19.2. The van der Waals surface area contributed by atoms with Gasteiger partial charge in [0.15, 0.2) is 0 Å². The molecule has 0 spiro atoms. The molecule has 174 valence electrons. The number of hydrogen-bond acceptors (Lipinski definition) is 4. The van der Waals surface area contributed by atoms with Gasteiger partial charge in [-0.15, -0.1) is 5.10 Å². The van der Waals surface area contributed by atoms with Gasteiger partial charge in [-0.3, -0.25) is 9.18 Å². The smallest absolute Gasteiger partial charge is 0.272 e. The largest absolute Gasteiger partial charge is 0.494 e. The Bertz CT molecular complexity index is 1230. The summed E-state index contributed by atoms with van der Waals surface area (Å²) in [4.78, 5) is 12.5. The van der Waals surface area contributed by atoms with Crippen molar-refractivity contribution in [2.45, 2.75) is 32.1 Å². The van der Waals surface area contributed by atoms with E-state index in [4.69, 9.17) is 4.74 Å². The number of fused-ring (bicyclic) bond motifs is 1. The number of para-hydroxylation sites is 1. The van der Waals surface area contributed by atoms with Crippen molar-refractivity contribution in [2.24, 2.45) is 0 Å². The van der Waals surface area contributed by atoms with Crippen LogP contribution in [0.2, 0.25) is 0 Å². The molecule has 0 atom stereocenters. The predicted molar refractivity (Wildman–Crippen MR) is 134 cm³/mol. The highest BCUT2D eigenvalue weighted by atomic mass is 19.1. The summed E-state index contributed by atoms with van der Waals surface area (Å²) in [5.74, 6) is 0.610. The molecule has 0 unspecified atom stereocenters. The number of carbonyl (C=O) groups is 1. The number of aromatic nitrogens is 3. The Labute approximate surface area is 198 Å². The van der Waals surface area contributed by atoms with Crippen LogP contribution >= 0.6 is 0 Å². The van der Waals surface area contributed by atoms with Gasteiger partial charge in [0.2, 0.25) is 0 Å². The fourth-order valence-corrected chi connectivity index (χ4v) is 3.72. The molecule has 0 saturated heterocycles. The van der Waals surface area contributed by atoms with Gasteiger partial charge in [0, 0.05) is 6.08 Å². The lowest BCUT2D eigenvalue weighted by molar-refractivity contribution is 0.0958. The SMILES string of the molecule is O=C(C=Cc1ccc(-c2ccc(OCCCCCCCF)cc2)cc1)n1nnc2ccccc21. The quantitative estimate of drug-likeness (QED) is 0.185. The molecule has 0 aliphatic carbocycles. The van der Waals surface area contributed by atoms with E-state index in [1.54, 1.807) is 6.08 Å². The monoisotopic (exact) mass is 457 g/mol. The van der Waals surface area contributed by atoms with Crippen molar-refractivity contribution in [3.05, 3.63) is 84.4 Å². The Kier molecular flexibility index (Phi) is 8.17. The average Bonchev–Trinajstić information content (AvgIpc) is 3.32. The van der Waals surface area contributed by atoms with Crippen LogP contribution in [-0.2, 0) is 0 Å². The molecule has 6 heteroatoms. The third-order valence-electron chi connectivity index (χ3n) is 5.62. The number of carbonyl (C=O) groups excluding carboxylic acids is 1. The Morgan fingerprint density at radius 3 is 2.29 bits per heavy atom. The first-order valence-electron chi connectivity index (χ1n) is 11.7. The predicted octanol–water partition coefficient (Wildman–Crippen LogP) is 6.75. The lowest BCUT2D eigenvalue weighted by atomic mass is 10.0. The van der Waals surface area contributed by atoms with Gasteiger partial charge >= 0.3 is 0 Å². The molecule has 0 N–H and O–H groups in total. The topological polar surface area (TPSA) is 57.0 Å². The lowest BCUT2D eigenvalue weighted by Gasteiger charge is -2.08. The number of rotatable bonds is 11. The fraction of sp³-hybridized carbons (Fsp3) is 0.250. The summed E-state index contributed by atoms with van der Waals surface area (Å²) in [6.45, 7) is 0.461. The highest BCUT2D eigenvalue weighted by Gasteiger charge is 2.08. The maximum absolute atomic E-state index is 12.5. The van der Waals surface area contributed by atoms with Crippen molar-refractivity contribution in [1.29, 1.82) is 0 Å². The summed E-state index contributed by atoms with van der Waals surface area (Å²) in [6, 6.07) is 23.4. The number of hydrogen-bond donors (Lipinski definition) is 0. The van der Waals surface area contributed by atoms with E-state index in [9.17, 15) is 9.18 Å². The van der Waals surface area contributed by atoms with Crippen LogP contribution in [0.4, 0.5) is 4.39 Å². The molecule has 4 aromatic rings. The minimum absolute atomic E-state index is 0.219. The van der Waals surface area contributed by atoms with Crippen molar-refractivity contribution < 1.29 is 13.9 Å². The number of ether oxygens (including phenoxy) is 1. The second-order valence-corrected chi connectivity index (χ2v) is 8.11. The molecule has 1 aromatic heterocycles. The second-order valence-electron chi connectivity index (χ2n) is 8.11. The first-order valence-corrected chi connectivity index (χ1v) is 11.7. The Balaban J connectivity index is 1.29. The molecule has 0 fully saturated rings. The highest BCUT2D eigenvalue weighted by Crippen LogP contribution is 2.23. The molecule has 0 saturated carbocycles. The standard InChI is InChI=1S/C28H28FN3O2/c29-20-6-2-1-3-7-21-34-25-17-15-24(16-18-25)23-13-10-22(11-14-23)12-19-28(33)32-27-9-5-4-8-26(27)30-31-32/h4-5,8-19H,1-3,6-7,20-21H2. The summed E-state index contributed by atoms with van der Waals surface area (Å²) in [5.41, 5.74) is 4.49. The summed E-state index contributed by atoms with van der Waals surface area (Å²) in [6.07, 6.45) is 8.01. The zero-order chi connectivity index (χ0) is 23.6. The van der Waals surface area contributed by atoms with Gasteiger partial charge in [-0.25, -0.2) is 0 Å². The van der Waals surface area contributed by atoms with E-state index in [2.05, 4.69) is 10.3 Å². The van der Waals surface area contributed by atoms with E-state index >= 15 is 0 Å². The van der Waals surface area contributed by atoms with Crippen LogP contribution in [0.25, 0.3) is 28.2 Å². The van der Waals surface area contributed by atoms with Crippen LogP contribution in [-0.4, -0.2) is 34.2 Å². The van der Waals surface area contributed by atoms with E-state index in [0.717, 1.165) is 48.1 Å². The molecule has 1 heterocycles. The van der Waals surface area contributed by atoms with E-state index in [-0.39, 0.29) is 12.6 Å². The summed E-state index contributed by atoms with van der Waals surface area (Å²) >= 11 is 0. The molecule has 0 bridgehead atoms. The minimum Gasteiger partial charge on any atom is -0.494 e. The summed E-state index contributed by atoms with van der Waals surface area (Å²) in [5, 5.41) is 7.97. The maximum Gasteiger partial charge on any atom is 0.272 e. The molecule has 0 radical (unpaired) electrons. The minimum atomic E-state index is -0.242. The number of nitrogens with zero attached hydrogens (tertiary/aromatic N) is 3. The molecular weight excluding hydrogens is 429 g/mol. The first kappa shape index (κ1) is 23.4. The second kappa shape index (κ2) is 11.9. The number of alkyl halides is 1. The molecule has 3 aromatic carbocycles. The average molecular weight is 458 g/mol. The van der Waals surface area contributed by atoms with Gasteiger partial charge < -0.3 is 4.74 Å². The van der Waals surface area contributed by atoms with Gasteiger partial charge in [-0.1, -0.05) is 73.0 Å². The third-order valence-corrected chi connectivity index (χ3v) is 5.62. The van der Waals surface area contributed by atoms with Crippen LogP contribution in [0, 0.1) is 0 Å². The van der Waals surface area contributed by atoms with Gasteiger partial charge in [0.1, 0.15) is 11.3 Å². The van der Waals surface area contributed by atoms with E-state index in [1.165, 1.54) is 10.8 Å². The number of allylic oxidation sites excluding steroid dienone is 1. The van der Waals surface area contributed by atoms with Crippen LogP contribution < -0.4 is 4.74 Å². The number of benzene rings is 3. The molecular formula is C28H28FN3O2. The van der Waals surface area contributed by atoms with Crippen LogP contribution in [0.15, 0.2) is 78.9 Å².